The van der Waals surface area contributed by atoms with Gasteiger partial charge in [-0.3, -0.25) is 38.7 Å². The first-order valence-corrected chi connectivity index (χ1v) is 38.8. The Balaban J connectivity index is 0.880. The van der Waals surface area contributed by atoms with Gasteiger partial charge in [0.2, 0.25) is 11.8 Å². The molecule has 0 saturated carbocycles. The molecule has 2 fully saturated rings. The number of methoxy groups -OCH3 is 1. The van der Waals surface area contributed by atoms with E-state index in [2.05, 4.69) is 51.4 Å². The normalized spacial score (nSPS) is 24.0. The van der Waals surface area contributed by atoms with Gasteiger partial charge in [-0.05, 0) is 71.6 Å². The summed E-state index contributed by atoms with van der Waals surface area (Å²) in [4.78, 5) is 155. The predicted molar refractivity (Wildman–Crippen MR) is 398 cm³/mol. The highest BCUT2D eigenvalue weighted by Gasteiger charge is 2.50. The van der Waals surface area contributed by atoms with E-state index in [1.165, 1.54) is 60.0 Å². The number of primary amides is 1. The first-order valence-electron chi connectivity index (χ1n) is 34.4. The van der Waals surface area contributed by atoms with Gasteiger partial charge in [0.25, 0.3) is 23.6 Å². The minimum Gasteiger partial charge on any atom is -0.506 e. The van der Waals surface area contributed by atoms with Gasteiger partial charge in [-0.1, -0.05) is 12.1 Å². The molecule has 5 aliphatic heterocycles. The maximum absolute atomic E-state index is 15.3. The zero-order chi connectivity index (χ0) is 77.7. The van der Waals surface area contributed by atoms with E-state index in [0.29, 0.717) is 36.5 Å². The van der Waals surface area contributed by atoms with Crippen molar-refractivity contribution < 1.29 is 87.3 Å². The monoisotopic (exact) mass is 1600 g/mol. The molecule has 35 nitrogen and oxygen atoms in total. The van der Waals surface area contributed by atoms with Crippen molar-refractivity contribution in [3.63, 3.8) is 0 Å². The number of hydrogen-bond donors (Lipinski definition) is 10. The molecule has 13 heterocycles. The lowest BCUT2D eigenvalue weighted by atomic mass is 9.85. The summed E-state index contributed by atoms with van der Waals surface area (Å²) in [5.74, 6) is -7.93. The number of ether oxygens (including phenoxy) is 6. The van der Waals surface area contributed by atoms with E-state index in [1.54, 1.807) is 57.4 Å². The zero-order valence-electron chi connectivity index (χ0n) is 59.7. The Kier molecular flexibility index (Phi) is 21.9. The van der Waals surface area contributed by atoms with Gasteiger partial charge >= 0.3 is 11.9 Å². The number of allylic oxidation sites excluding steroid dienone is 1. The minimum absolute atomic E-state index is 0.0104. The molecule has 8 aromatic heterocycles. The average molecular weight is 1600 g/mol. The third-order valence-corrected chi connectivity index (χ3v) is 23.7. The van der Waals surface area contributed by atoms with Crippen molar-refractivity contribution in [2.75, 3.05) is 65.4 Å². The molecule has 12 bridgehead atoms. The number of thiazole rings is 5. The number of nitrogens with one attached hydrogen (secondary N) is 5. The third kappa shape index (κ3) is 15.5. The van der Waals surface area contributed by atoms with Gasteiger partial charge < -0.3 is 91.1 Å². The fourth-order valence-corrected chi connectivity index (χ4v) is 18.1. The Morgan fingerprint density at radius 2 is 1.49 bits per heavy atom. The lowest BCUT2D eigenvalue weighted by Gasteiger charge is -2.48. The van der Waals surface area contributed by atoms with Crippen molar-refractivity contribution in [1.82, 2.24) is 76.0 Å². The molecule has 110 heavy (non-hydrogen) atoms. The number of benzene rings is 1. The Bertz CT molecular complexity index is 5100. The number of fused-ring (bicyclic) bond motifs is 15. The minimum atomic E-state index is -1.92. The van der Waals surface area contributed by atoms with Crippen molar-refractivity contribution >= 4 is 126 Å². The molecule has 0 aliphatic carbocycles. The van der Waals surface area contributed by atoms with Crippen LogP contribution in [0.3, 0.4) is 0 Å². The molecule has 2 saturated heterocycles. The summed E-state index contributed by atoms with van der Waals surface area (Å²) in [5.41, 5.74) is 4.12. The first-order chi connectivity index (χ1) is 52.7. The van der Waals surface area contributed by atoms with Crippen LogP contribution in [0.15, 0.2) is 81.5 Å². The number of anilines is 1. The Morgan fingerprint density at radius 3 is 2.21 bits per heavy atom. The first kappa shape index (κ1) is 76.4. The van der Waals surface area contributed by atoms with Crippen LogP contribution >= 0.6 is 56.7 Å². The fourth-order valence-electron chi connectivity index (χ4n) is 13.9. The van der Waals surface area contributed by atoms with E-state index in [-0.39, 0.29) is 111 Å². The predicted octanol–water partition coefficient (Wildman–Crippen LogP) is 3.96. The number of aliphatic hydroxyl groups is 2. The number of hydrogen-bond acceptors (Lipinski definition) is 33. The number of rotatable bonds is 12. The van der Waals surface area contributed by atoms with Gasteiger partial charge in [0.15, 0.2) is 18.1 Å². The number of nitrogens with zero attached hydrogens (tertiary/aromatic N) is 11. The molecule has 40 heteroatoms. The topological polar surface area (TPSA) is 464 Å². The summed E-state index contributed by atoms with van der Waals surface area (Å²) in [5, 5.41) is 68.6. The van der Waals surface area contributed by atoms with Crippen LogP contribution < -0.4 is 37.2 Å². The Morgan fingerprint density at radius 1 is 0.818 bits per heavy atom. The van der Waals surface area contributed by atoms with Crippen molar-refractivity contribution in [3.05, 3.63) is 136 Å². The van der Waals surface area contributed by atoms with Crippen LogP contribution in [0.4, 0.5) is 5.69 Å². The van der Waals surface area contributed by atoms with Gasteiger partial charge in [-0.25, -0.2) is 39.5 Å². The highest BCUT2D eigenvalue weighted by Crippen LogP contribution is 2.43. The number of cyclic esters (lactones) is 2. The maximum Gasteiger partial charge on any atom is 0.358 e. The number of piperazine rings is 1. The molecular weight excluding hydrogens is 1530 g/mol. The van der Waals surface area contributed by atoms with Crippen LogP contribution in [0.2, 0.25) is 0 Å². The molecule has 9 aromatic rings. The number of likely N-dealkylation sites (N-methyl/N-ethyl adjacent to an activating group) is 1. The van der Waals surface area contributed by atoms with Crippen LogP contribution in [-0.2, 0) is 56.0 Å². The van der Waals surface area contributed by atoms with Gasteiger partial charge in [0.1, 0.15) is 126 Å². The van der Waals surface area contributed by atoms with Crippen LogP contribution in [0.5, 0.6) is 5.75 Å². The largest absolute Gasteiger partial charge is 0.506 e. The van der Waals surface area contributed by atoms with Crippen LogP contribution in [0, 0.1) is 0 Å². The number of amides is 6. The maximum atomic E-state index is 15.3. The second-order valence-electron chi connectivity index (χ2n) is 27.0. The van der Waals surface area contributed by atoms with E-state index < -0.39 is 145 Å². The molecule has 1 aromatic carbocycles. The number of aromatic hydroxyl groups is 1. The summed E-state index contributed by atoms with van der Waals surface area (Å²) < 4.78 is 38.4. The lowest BCUT2D eigenvalue weighted by molar-refractivity contribution is -0.280. The standard InChI is InChI=1S/C70H73N17O18S5/c1-30(88)48-62(95)82-49(31(2)100-7)65-77-43(29-108-65)61(94)83-52-54-55(105-46-20-70(4,98)56(84(5)6)32(3)104-46)69(97)102-22-33-9-8-10-44-47(33)36(23-101-54)53(87(44)99)68(96)103-24-38(74-59(92)41-28-110-67(52)79-41)64-75-39(25-107-64)50-35(63-76-42(26-106-63)60(93)81-48)19-45(89)51(80-50)66-78-40(27-109-66)58(91)73-37(57(71)90)21-85-15-17-86(18-16-85)34-11-13-72-14-12-34/h8-14,19,25-30,32,37-38,46,48,52,54-56,88-89,98-99H,15-18,20-24H2,1-7H3,(H2,71,90)(H,73,91)(H,74,92)(H,81,93)(H,82,95)(H,83,94)/b49-31+/t30-,32+,37?,38+,46+,48+,52+,54+,55+,56-,70+/m1/s1. The summed E-state index contributed by atoms with van der Waals surface area (Å²) >= 11 is 4.53. The number of pyridine rings is 2. The third-order valence-electron chi connectivity index (χ3n) is 19.2. The second kappa shape index (κ2) is 31.5. The van der Waals surface area contributed by atoms with E-state index >= 15 is 19.2 Å². The average Bonchev–Trinajstić information content (AvgIpc) is 1.59. The van der Waals surface area contributed by atoms with Crippen LogP contribution in [0.1, 0.15) is 125 Å². The van der Waals surface area contributed by atoms with Gasteiger partial charge in [0, 0.05) is 101 Å². The number of carbonyl (C=O) groups is 8. The molecule has 0 spiro atoms. The zero-order valence-corrected chi connectivity index (χ0v) is 63.8. The van der Waals surface area contributed by atoms with Crippen molar-refractivity contribution in [2.45, 2.75) is 114 Å². The van der Waals surface area contributed by atoms with Crippen molar-refractivity contribution in [2.24, 2.45) is 5.73 Å². The quantitative estimate of drug-likeness (QED) is 0.0470. The second-order valence-corrected chi connectivity index (χ2v) is 31.3. The van der Waals surface area contributed by atoms with Crippen molar-refractivity contribution in [3.8, 4) is 38.4 Å². The molecule has 0 radical (unpaired) electrons. The van der Waals surface area contributed by atoms with Crippen LogP contribution in [0.25, 0.3) is 49.3 Å². The summed E-state index contributed by atoms with van der Waals surface area (Å²) in [6.07, 6.45) is -4.17. The Hall–Kier alpha value is -10.4. The van der Waals surface area contributed by atoms with E-state index in [9.17, 15) is 39.7 Å². The molecule has 1 unspecified atom stereocenters. The summed E-state index contributed by atoms with van der Waals surface area (Å²) in [6.45, 7) is 6.75. The number of nitrogens with two attached hydrogens (primary N) is 1. The van der Waals surface area contributed by atoms with Crippen molar-refractivity contribution in [1.29, 1.82) is 0 Å². The summed E-state index contributed by atoms with van der Waals surface area (Å²) in [6, 6.07) is 3.34. The molecule has 576 valence electrons. The van der Waals surface area contributed by atoms with Gasteiger partial charge in [0.05, 0.1) is 43.1 Å². The van der Waals surface area contributed by atoms with Gasteiger partial charge in [-0.15, -0.1) is 56.7 Å². The number of carbonyl (C=O) groups excluding carboxylic acids is 8. The fraction of sp³-hybridized carbons (Fsp3) is 0.386. The summed E-state index contributed by atoms with van der Waals surface area (Å²) in [7, 11) is 4.85. The highest BCUT2D eigenvalue weighted by atomic mass is 32.1. The van der Waals surface area contributed by atoms with E-state index in [0.717, 1.165) is 62.4 Å². The highest BCUT2D eigenvalue weighted by molar-refractivity contribution is 7.14. The molecule has 11 N–H and O–H groups in total. The smallest absolute Gasteiger partial charge is 0.358 e. The molecule has 5 aliphatic rings. The lowest BCUT2D eigenvalue weighted by Crippen LogP contribution is -2.62. The number of aromatic nitrogens is 8. The van der Waals surface area contributed by atoms with E-state index in [1.807, 2.05) is 17.0 Å². The molecular formula is C70H73N17O18S5. The van der Waals surface area contributed by atoms with Crippen LogP contribution in [-0.4, -0.2) is 232 Å². The molecule has 11 atom stereocenters. The number of aliphatic hydroxyl groups excluding tert-OH is 1. The van der Waals surface area contributed by atoms with E-state index in [4.69, 9.17) is 49.1 Å². The Labute approximate surface area is 645 Å². The number of esters is 2. The SMILES string of the molecule is CO/C(C)=C1/NC(=O)[C@H]([C@@H](C)O)NC(=O)c2csc(n2)-c2cc(O)c(-c3nc(C(=O)NC(CN4CCN(c5ccncc5)CC4)C(N)=O)cs3)nc2-c2csc(n2)[C@@H]2COC(=O)c3c4c5c(cccc5n3O)COC(=O)[C@@H](O[C@H]3C[C@](C)(O)[C@H](N(C)C)[C@H](C)O3)[C@@H](OC4)[C@H](NC(=O)c3csc1n3)c1nc(cs1)C(=O)N2. The molecule has 14 rings (SSSR count). The van der Waals surface area contributed by atoms with Gasteiger partial charge in [-0.2, -0.15) is 4.73 Å². The molecule has 6 amide bonds.